The molecule has 0 heterocycles. The van der Waals surface area contributed by atoms with E-state index in [1.54, 1.807) is 7.11 Å². The van der Waals surface area contributed by atoms with Crippen LogP contribution in [0.5, 0.6) is 5.75 Å². The van der Waals surface area contributed by atoms with Gasteiger partial charge in [-0.1, -0.05) is 32.8 Å². The molecule has 1 N–H and O–H groups in total. The number of phenolic OH excluding ortho intramolecular Hbond substituents is 1. The second-order valence-corrected chi connectivity index (χ2v) is 5.20. The summed E-state index contributed by atoms with van der Waals surface area (Å²) in [6.45, 7) is 5.07. The Morgan fingerprint density at radius 1 is 1.00 bits per heavy atom. The largest absolute Gasteiger partial charge is 0.508 e. The first-order valence-electron chi connectivity index (χ1n) is 7.55. The first kappa shape index (κ1) is 16.0. The smallest absolute Gasteiger partial charge is 0.119 e. The molecule has 0 bridgehead atoms. The topological polar surface area (TPSA) is 29.5 Å². The molecule has 0 aliphatic rings. The summed E-state index contributed by atoms with van der Waals surface area (Å²) in [6.07, 6.45) is 7.66. The van der Waals surface area contributed by atoms with Gasteiger partial charge in [0.25, 0.3) is 0 Å². The lowest BCUT2D eigenvalue weighted by atomic mass is 9.94. The zero-order valence-corrected chi connectivity index (χ0v) is 12.7. The lowest BCUT2D eigenvalue weighted by molar-refractivity contribution is 0.201. The first-order chi connectivity index (χ1) is 9.22. The number of methoxy groups -OCH3 is 1. The lowest BCUT2D eigenvalue weighted by Crippen LogP contribution is -2.02. The highest BCUT2D eigenvalue weighted by Gasteiger charge is 2.10. The Kier molecular flexibility index (Phi) is 7.57. The number of aromatic hydroxyl groups is 1. The number of phenols is 1. The number of benzene rings is 1. The molecule has 1 aromatic rings. The van der Waals surface area contributed by atoms with E-state index in [0.717, 1.165) is 24.8 Å². The minimum atomic E-state index is 0.455. The maximum absolute atomic E-state index is 10.2. The summed E-state index contributed by atoms with van der Waals surface area (Å²) in [5, 5.41) is 10.2. The molecular weight excluding hydrogens is 236 g/mol. The van der Waals surface area contributed by atoms with Crippen LogP contribution in [0, 0.1) is 0 Å². The molecule has 1 aromatic carbocycles. The zero-order chi connectivity index (χ0) is 14.1. The fourth-order valence-electron chi connectivity index (χ4n) is 2.39. The highest BCUT2D eigenvalue weighted by Crippen LogP contribution is 2.26. The zero-order valence-electron chi connectivity index (χ0n) is 12.7. The number of hydrogen-bond donors (Lipinski definition) is 1. The van der Waals surface area contributed by atoms with Crippen LogP contribution in [0.2, 0.25) is 0 Å². The molecule has 0 atom stereocenters. The van der Waals surface area contributed by atoms with Crippen molar-refractivity contribution in [3.63, 3.8) is 0 Å². The van der Waals surface area contributed by atoms with Crippen LogP contribution in [-0.4, -0.2) is 18.8 Å². The van der Waals surface area contributed by atoms with Gasteiger partial charge in [-0.2, -0.15) is 0 Å². The van der Waals surface area contributed by atoms with Crippen molar-refractivity contribution in [3.8, 4) is 5.75 Å². The molecule has 0 radical (unpaired) electrons. The van der Waals surface area contributed by atoms with E-state index in [1.165, 1.54) is 36.8 Å². The molecule has 0 amide bonds. The van der Waals surface area contributed by atoms with Crippen LogP contribution in [0.25, 0.3) is 0 Å². The van der Waals surface area contributed by atoms with Gasteiger partial charge < -0.3 is 9.84 Å². The number of hydrogen-bond acceptors (Lipinski definition) is 2. The molecule has 0 aliphatic heterocycles. The molecule has 0 saturated heterocycles. The number of unbranched alkanes of at least 4 members (excludes halogenated alkanes) is 2. The van der Waals surface area contributed by atoms with Gasteiger partial charge in [0.1, 0.15) is 5.75 Å². The standard InChI is InChI=1S/C17H28O2/c1-4-6-8-14-12-15(9-7-5-2)16(10-11-19-3)17(18)13-14/h12-13,18H,4-11H2,1-3H3. The molecule has 108 valence electrons. The van der Waals surface area contributed by atoms with E-state index >= 15 is 0 Å². The molecule has 0 unspecified atom stereocenters. The Morgan fingerprint density at radius 2 is 1.68 bits per heavy atom. The van der Waals surface area contributed by atoms with Crippen molar-refractivity contribution in [1.82, 2.24) is 0 Å². The van der Waals surface area contributed by atoms with Crippen molar-refractivity contribution in [3.05, 3.63) is 28.8 Å². The van der Waals surface area contributed by atoms with Gasteiger partial charge in [0, 0.05) is 7.11 Å². The summed E-state index contributed by atoms with van der Waals surface area (Å²) in [4.78, 5) is 0. The highest BCUT2D eigenvalue weighted by molar-refractivity contribution is 5.43. The molecular formula is C17H28O2. The molecule has 0 spiro atoms. The van der Waals surface area contributed by atoms with E-state index in [-0.39, 0.29) is 0 Å². The second kappa shape index (κ2) is 8.98. The van der Waals surface area contributed by atoms with E-state index in [4.69, 9.17) is 4.74 Å². The molecule has 0 aromatic heterocycles. The molecule has 2 heteroatoms. The van der Waals surface area contributed by atoms with E-state index in [9.17, 15) is 5.11 Å². The molecule has 0 fully saturated rings. The number of ether oxygens (including phenoxy) is 1. The Bertz CT molecular complexity index is 372. The first-order valence-corrected chi connectivity index (χ1v) is 7.55. The maximum Gasteiger partial charge on any atom is 0.119 e. The molecule has 19 heavy (non-hydrogen) atoms. The summed E-state index contributed by atoms with van der Waals surface area (Å²) < 4.78 is 5.14. The molecule has 1 rings (SSSR count). The summed E-state index contributed by atoms with van der Waals surface area (Å²) >= 11 is 0. The highest BCUT2D eigenvalue weighted by atomic mass is 16.5. The van der Waals surface area contributed by atoms with Gasteiger partial charge in [-0.15, -0.1) is 0 Å². The Balaban J connectivity index is 2.92. The summed E-state index contributed by atoms with van der Waals surface area (Å²) in [5.74, 6) is 0.455. The van der Waals surface area contributed by atoms with Gasteiger partial charge >= 0.3 is 0 Å². The average molecular weight is 264 g/mol. The minimum absolute atomic E-state index is 0.455. The van der Waals surface area contributed by atoms with Crippen molar-refractivity contribution in [2.45, 2.75) is 58.8 Å². The van der Waals surface area contributed by atoms with Gasteiger partial charge in [-0.25, -0.2) is 0 Å². The van der Waals surface area contributed by atoms with Crippen LogP contribution in [-0.2, 0) is 24.0 Å². The maximum atomic E-state index is 10.2. The summed E-state index contributed by atoms with van der Waals surface area (Å²) in [6, 6.07) is 4.23. The van der Waals surface area contributed by atoms with E-state index < -0.39 is 0 Å². The van der Waals surface area contributed by atoms with Crippen LogP contribution in [0.3, 0.4) is 0 Å². The predicted octanol–water partition coefficient (Wildman–Crippen LogP) is 4.27. The number of rotatable bonds is 9. The van der Waals surface area contributed by atoms with E-state index in [1.807, 2.05) is 6.07 Å². The fourth-order valence-corrected chi connectivity index (χ4v) is 2.39. The lowest BCUT2D eigenvalue weighted by Gasteiger charge is -2.14. The van der Waals surface area contributed by atoms with Crippen molar-refractivity contribution in [2.75, 3.05) is 13.7 Å². The Labute approximate surface area is 117 Å². The van der Waals surface area contributed by atoms with Crippen LogP contribution in [0.4, 0.5) is 0 Å². The van der Waals surface area contributed by atoms with Crippen molar-refractivity contribution in [2.24, 2.45) is 0 Å². The van der Waals surface area contributed by atoms with E-state index in [2.05, 4.69) is 19.9 Å². The summed E-state index contributed by atoms with van der Waals surface area (Å²) in [7, 11) is 1.71. The summed E-state index contributed by atoms with van der Waals surface area (Å²) in [5.41, 5.74) is 3.66. The van der Waals surface area contributed by atoms with Crippen molar-refractivity contribution in [1.29, 1.82) is 0 Å². The molecule has 2 nitrogen and oxygen atoms in total. The van der Waals surface area contributed by atoms with Crippen LogP contribution < -0.4 is 0 Å². The van der Waals surface area contributed by atoms with Gasteiger partial charge in [-0.3, -0.25) is 0 Å². The van der Waals surface area contributed by atoms with Gasteiger partial charge in [0.2, 0.25) is 0 Å². The SMILES string of the molecule is CCCCc1cc(O)c(CCOC)c(CCCC)c1. The normalized spacial score (nSPS) is 10.9. The monoisotopic (exact) mass is 264 g/mol. The quantitative estimate of drug-likeness (QED) is 0.722. The molecule has 0 saturated carbocycles. The van der Waals surface area contributed by atoms with E-state index in [0.29, 0.717) is 12.4 Å². The molecule has 0 aliphatic carbocycles. The van der Waals surface area contributed by atoms with Crippen LogP contribution in [0.15, 0.2) is 12.1 Å². The third-order valence-corrected chi connectivity index (χ3v) is 3.55. The number of aryl methyl sites for hydroxylation is 2. The van der Waals surface area contributed by atoms with Crippen molar-refractivity contribution >= 4 is 0 Å². The van der Waals surface area contributed by atoms with Gasteiger partial charge in [-0.05, 0) is 54.9 Å². The van der Waals surface area contributed by atoms with Crippen molar-refractivity contribution < 1.29 is 9.84 Å². The minimum Gasteiger partial charge on any atom is -0.508 e. The Hall–Kier alpha value is -1.02. The van der Waals surface area contributed by atoms with Crippen LogP contribution >= 0.6 is 0 Å². The van der Waals surface area contributed by atoms with Gasteiger partial charge in [0.05, 0.1) is 6.61 Å². The third kappa shape index (κ3) is 5.23. The Morgan fingerprint density at radius 3 is 2.32 bits per heavy atom. The van der Waals surface area contributed by atoms with Gasteiger partial charge in [0.15, 0.2) is 0 Å². The fraction of sp³-hybridized carbons (Fsp3) is 0.647. The predicted molar refractivity (Wildman–Crippen MR) is 80.9 cm³/mol. The van der Waals surface area contributed by atoms with Crippen LogP contribution in [0.1, 0.15) is 56.2 Å². The second-order valence-electron chi connectivity index (χ2n) is 5.20. The third-order valence-electron chi connectivity index (χ3n) is 3.55. The average Bonchev–Trinajstić information content (AvgIpc) is 2.41.